The molecule has 7 nitrogen and oxygen atoms in total. The second kappa shape index (κ2) is 10.9. The summed E-state index contributed by atoms with van der Waals surface area (Å²) >= 11 is 0. The molecule has 5 rings (SSSR count). The minimum absolute atomic E-state index is 0.0678. The molecule has 1 amide bonds. The molecule has 2 heterocycles. The van der Waals surface area contributed by atoms with E-state index in [4.69, 9.17) is 0 Å². The first-order valence-electron chi connectivity index (χ1n) is 13.5. The van der Waals surface area contributed by atoms with Crippen molar-refractivity contribution < 1.29 is 4.79 Å². The Morgan fingerprint density at radius 2 is 1.92 bits per heavy atom. The summed E-state index contributed by atoms with van der Waals surface area (Å²) in [7, 11) is 0. The number of carbonyl (C=O) groups excluding carboxylic acids is 1. The molecule has 2 aromatic carbocycles. The van der Waals surface area contributed by atoms with Gasteiger partial charge < -0.3 is 15.5 Å². The normalized spacial score (nSPS) is 19.4. The van der Waals surface area contributed by atoms with Gasteiger partial charge in [0.1, 0.15) is 0 Å². The Hall–Kier alpha value is -3.45. The van der Waals surface area contributed by atoms with Gasteiger partial charge in [0.05, 0.1) is 11.7 Å². The van der Waals surface area contributed by atoms with Gasteiger partial charge in [-0.2, -0.15) is 0 Å². The number of benzene rings is 2. The van der Waals surface area contributed by atoms with Crippen LogP contribution >= 0.6 is 0 Å². The van der Waals surface area contributed by atoms with Crippen LogP contribution in [0.3, 0.4) is 0 Å². The number of hydrogen-bond acceptors (Lipinski definition) is 5. The highest BCUT2D eigenvalue weighted by Gasteiger charge is 2.28. The molecule has 1 saturated carbocycles. The molecular formula is C30H37N5O2. The SMILES string of the molecule is Cc1ccc(C(=O)NC2CC2)cc1-n1ccnc(N[C@@H](c2ccccc2)[C@@H](C)CN2CCC[C@H]2C)c1=O. The maximum atomic E-state index is 13.7. The predicted molar refractivity (Wildman–Crippen MR) is 147 cm³/mol. The van der Waals surface area contributed by atoms with Gasteiger partial charge in [0, 0.05) is 36.6 Å². The molecule has 2 fully saturated rings. The van der Waals surface area contributed by atoms with Crippen LogP contribution in [0.15, 0.2) is 65.7 Å². The number of aromatic nitrogens is 2. The fourth-order valence-corrected chi connectivity index (χ4v) is 5.31. The topological polar surface area (TPSA) is 79.3 Å². The average molecular weight is 500 g/mol. The molecule has 0 spiro atoms. The number of likely N-dealkylation sites (tertiary alicyclic amines) is 1. The summed E-state index contributed by atoms with van der Waals surface area (Å²) in [5, 5.41) is 6.53. The molecule has 2 N–H and O–H groups in total. The van der Waals surface area contributed by atoms with Crippen molar-refractivity contribution in [2.75, 3.05) is 18.4 Å². The number of anilines is 1. The third-order valence-corrected chi connectivity index (χ3v) is 7.72. The van der Waals surface area contributed by atoms with E-state index >= 15 is 0 Å². The standard InChI is InChI=1S/C30H37N5O2/c1-20-11-12-24(29(36)32-25-13-14-25)18-26(20)35-17-15-31-28(30(35)37)33-27(23-9-5-4-6-10-23)21(2)19-34-16-7-8-22(34)3/h4-6,9-12,15,17-18,21-22,25,27H,7-8,13-14,16,19H2,1-3H3,(H,31,33)(H,32,36)/t21-,22+,27+/m0/s1. The Morgan fingerprint density at radius 3 is 2.62 bits per heavy atom. The Balaban J connectivity index is 1.44. The van der Waals surface area contributed by atoms with Crippen molar-refractivity contribution in [3.05, 3.63) is 88.0 Å². The molecular weight excluding hydrogens is 462 g/mol. The van der Waals surface area contributed by atoms with E-state index in [2.05, 4.69) is 46.5 Å². The zero-order valence-electron chi connectivity index (χ0n) is 22.0. The summed E-state index contributed by atoms with van der Waals surface area (Å²) in [5.41, 5.74) is 3.06. The van der Waals surface area contributed by atoms with Gasteiger partial charge in [0.2, 0.25) is 0 Å². The van der Waals surface area contributed by atoms with Crippen molar-refractivity contribution in [1.29, 1.82) is 0 Å². The highest BCUT2D eigenvalue weighted by Crippen LogP contribution is 2.28. The second-order valence-electron chi connectivity index (χ2n) is 10.7. The van der Waals surface area contributed by atoms with E-state index in [-0.39, 0.29) is 29.5 Å². The van der Waals surface area contributed by atoms with Crippen LogP contribution in [0.5, 0.6) is 0 Å². The number of hydrogen-bond donors (Lipinski definition) is 2. The lowest BCUT2D eigenvalue weighted by Crippen LogP contribution is -2.36. The fraction of sp³-hybridized carbons (Fsp3) is 0.433. The van der Waals surface area contributed by atoms with Gasteiger partial charge in [0.25, 0.3) is 11.5 Å². The summed E-state index contributed by atoms with van der Waals surface area (Å²) < 4.78 is 1.59. The van der Waals surface area contributed by atoms with Crippen LogP contribution in [0.4, 0.5) is 5.82 Å². The Bertz CT molecular complexity index is 1300. The fourth-order valence-electron chi connectivity index (χ4n) is 5.31. The van der Waals surface area contributed by atoms with Crippen LogP contribution in [0, 0.1) is 12.8 Å². The molecule has 1 aromatic heterocycles. The van der Waals surface area contributed by atoms with Gasteiger partial charge in [-0.25, -0.2) is 4.98 Å². The highest BCUT2D eigenvalue weighted by molar-refractivity contribution is 5.95. The molecule has 0 radical (unpaired) electrons. The number of amides is 1. The highest BCUT2D eigenvalue weighted by atomic mass is 16.2. The number of rotatable bonds is 9. The van der Waals surface area contributed by atoms with Crippen molar-refractivity contribution in [2.24, 2.45) is 5.92 Å². The Morgan fingerprint density at radius 1 is 1.14 bits per heavy atom. The molecule has 3 atom stereocenters. The maximum Gasteiger partial charge on any atom is 0.297 e. The predicted octanol–water partition coefficient (Wildman–Crippen LogP) is 4.71. The molecule has 7 heteroatoms. The lowest BCUT2D eigenvalue weighted by Gasteiger charge is -2.31. The van der Waals surface area contributed by atoms with Gasteiger partial charge in [-0.1, -0.05) is 43.3 Å². The number of nitrogens with one attached hydrogen (secondary N) is 2. The van der Waals surface area contributed by atoms with Crippen molar-refractivity contribution in [3.8, 4) is 5.69 Å². The third-order valence-electron chi connectivity index (χ3n) is 7.72. The Labute approximate surface area is 218 Å². The monoisotopic (exact) mass is 499 g/mol. The molecule has 2 aliphatic rings. The van der Waals surface area contributed by atoms with E-state index in [0.717, 1.165) is 37.1 Å². The lowest BCUT2D eigenvalue weighted by molar-refractivity contribution is 0.0951. The zero-order chi connectivity index (χ0) is 25.9. The van der Waals surface area contributed by atoms with Crippen LogP contribution in [-0.4, -0.2) is 45.5 Å². The third kappa shape index (κ3) is 5.77. The summed E-state index contributed by atoms with van der Waals surface area (Å²) in [6.45, 7) is 8.55. The van der Waals surface area contributed by atoms with E-state index in [9.17, 15) is 9.59 Å². The average Bonchev–Trinajstić information content (AvgIpc) is 3.63. The number of nitrogens with zero attached hydrogens (tertiary/aromatic N) is 3. The molecule has 1 saturated heterocycles. The summed E-state index contributed by atoms with van der Waals surface area (Å²) in [5.74, 6) is 0.470. The molecule has 0 unspecified atom stereocenters. The van der Waals surface area contributed by atoms with Crippen molar-refractivity contribution >= 4 is 11.7 Å². The lowest BCUT2D eigenvalue weighted by atomic mass is 9.93. The first-order chi connectivity index (χ1) is 17.9. The summed E-state index contributed by atoms with van der Waals surface area (Å²) in [4.78, 5) is 33.4. The van der Waals surface area contributed by atoms with Crippen LogP contribution < -0.4 is 16.2 Å². The minimum Gasteiger partial charge on any atom is -0.358 e. The first kappa shape index (κ1) is 25.2. The Kier molecular flexibility index (Phi) is 7.42. The van der Waals surface area contributed by atoms with Crippen LogP contribution in [-0.2, 0) is 0 Å². The molecule has 194 valence electrons. The van der Waals surface area contributed by atoms with Crippen LogP contribution in [0.25, 0.3) is 5.69 Å². The quantitative estimate of drug-likeness (QED) is 0.446. The molecule has 0 bridgehead atoms. The summed E-state index contributed by atoms with van der Waals surface area (Å²) in [6.07, 6.45) is 7.85. The van der Waals surface area contributed by atoms with Crippen LogP contribution in [0.2, 0.25) is 0 Å². The van der Waals surface area contributed by atoms with E-state index in [1.54, 1.807) is 23.0 Å². The van der Waals surface area contributed by atoms with E-state index in [1.807, 2.05) is 37.3 Å². The minimum atomic E-state index is -0.229. The first-order valence-corrected chi connectivity index (χ1v) is 13.5. The summed E-state index contributed by atoms with van der Waals surface area (Å²) in [6, 6.07) is 16.6. The van der Waals surface area contributed by atoms with Gasteiger partial charge in [-0.15, -0.1) is 0 Å². The zero-order valence-corrected chi connectivity index (χ0v) is 22.0. The second-order valence-corrected chi connectivity index (χ2v) is 10.7. The van der Waals surface area contributed by atoms with E-state index in [1.165, 1.54) is 12.8 Å². The number of aryl methyl sites for hydroxylation is 1. The smallest absolute Gasteiger partial charge is 0.297 e. The van der Waals surface area contributed by atoms with Crippen LogP contribution in [0.1, 0.15) is 67.1 Å². The van der Waals surface area contributed by atoms with Crippen molar-refractivity contribution in [2.45, 2.75) is 64.6 Å². The molecule has 3 aromatic rings. The van der Waals surface area contributed by atoms with Crippen molar-refractivity contribution in [1.82, 2.24) is 19.8 Å². The van der Waals surface area contributed by atoms with E-state index in [0.29, 0.717) is 23.1 Å². The number of carbonyl (C=O) groups is 1. The van der Waals surface area contributed by atoms with Gasteiger partial charge in [0.15, 0.2) is 5.82 Å². The van der Waals surface area contributed by atoms with Crippen molar-refractivity contribution in [3.63, 3.8) is 0 Å². The van der Waals surface area contributed by atoms with E-state index < -0.39 is 0 Å². The van der Waals surface area contributed by atoms with Gasteiger partial charge in [-0.05, 0) is 75.3 Å². The molecule has 1 aliphatic carbocycles. The molecule has 37 heavy (non-hydrogen) atoms. The van der Waals surface area contributed by atoms with Gasteiger partial charge in [-0.3, -0.25) is 14.2 Å². The van der Waals surface area contributed by atoms with Gasteiger partial charge >= 0.3 is 0 Å². The maximum absolute atomic E-state index is 13.7. The molecule has 1 aliphatic heterocycles. The largest absolute Gasteiger partial charge is 0.358 e.